The van der Waals surface area contributed by atoms with Crippen molar-refractivity contribution in [1.82, 2.24) is 9.88 Å². The first-order chi connectivity index (χ1) is 9.61. The van der Waals surface area contributed by atoms with Gasteiger partial charge in [-0.25, -0.2) is 4.98 Å². The molecule has 0 radical (unpaired) electrons. The lowest BCUT2D eigenvalue weighted by atomic mass is 9.86. The second-order valence-electron chi connectivity index (χ2n) is 5.52. The first-order valence-electron chi connectivity index (χ1n) is 7.16. The monoisotopic (exact) mass is 277 g/mol. The molecule has 0 bridgehead atoms. The Morgan fingerprint density at radius 2 is 2.15 bits per heavy atom. The van der Waals surface area contributed by atoms with Gasteiger partial charge in [0, 0.05) is 32.3 Å². The Morgan fingerprint density at radius 1 is 1.40 bits per heavy atom. The highest BCUT2D eigenvalue weighted by molar-refractivity contribution is 5.93. The molecular weight excluding hydrogens is 254 g/mol. The van der Waals surface area contributed by atoms with Gasteiger partial charge in [-0.3, -0.25) is 4.79 Å². The molecule has 1 fully saturated rings. The molecule has 1 saturated carbocycles. The summed E-state index contributed by atoms with van der Waals surface area (Å²) < 4.78 is 5.94. The lowest BCUT2D eigenvalue weighted by Crippen LogP contribution is -2.35. The van der Waals surface area contributed by atoms with Crippen LogP contribution in [0.15, 0.2) is 18.3 Å². The second kappa shape index (κ2) is 6.70. The zero-order valence-corrected chi connectivity index (χ0v) is 12.2. The van der Waals surface area contributed by atoms with Gasteiger partial charge in [0.15, 0.2) is 0 Å². The highest BCUT2D eigenvalue weighted by Crippen LogP contribution is 2.27. The van der Waals surface area contributed by atoms with Crippen molar-refractivity contribution in [2.45, 2.75) is 31.8 Å². The van der Waals surface area contributed by atoms with Gasteiger partial charge in [0.05, 0.1) is 5.56 Å². The van der Waals surface area contributed by atoms with E-state index in [0.29, 0.717) is 23.9 Å². The highest BCUT2D eigenvalue weighted by Gasteiger charge is 2.25. The molecule has 1 aliphatic rings. The van der Waals surface area contributed by atoms with E-state index in [1.54, 1.807) is 32.4 Å². The molecule has 0 spiro atoms. The van der Waals surface area contributed by atoms with E-state index in [2.05, 4.69) is 4.98 Å². The van der Waals surface area contributed by atoms with Crippen molar-refractivity contribution in [2.24, 2.45) is 11.7 Å². The maximum absolute atomic E-state index is 11.8. The van der Waals surface area contributed by atoms with Gasteiger partial charge in [0.2, 0.25) is 5.88 Å². The van der Waals surface area contributed by atoms with Crippen LogP contribution >= 0.6 is 0 Å². The van der Waals surface area contributed by atoms with E-state index in [0.717, 1.165) is 12.8 Å². The lowest BCUT2D eigenvalue weighted by Gasteiger charge is -2.30. The Bertz CT molecular complexity index is 445. The number of hydrogen-bond acceptors (Lipinski definition) is 4. The number of carbonyl (C=O) groups excluding carboxylic acids is 1. The molecule has 0 saturated heterocycles. The third kappa shape index (κ3) is 3.48. The fourth-order valence-electron chi connectivity index (χ4n) is 2.59. The third-order valence-electron chi connectivity index (χ3n) is 3.80. The molecule has 2 atom stereocenters. The number of aromatic nitrogens is 1. The Labute approximate surface area is 120 Å². The minimum absolute atomic E-state index is 0.0541. The zero-order valence-electron chi connectivity index (χ0n) is 12.2. The van der Waals surface area contributed by atoms with E-state index in [9.17, 15) is 4.79 Å². The molecule has 0 aliphatic heterocycles. The second-order valence-corrected chi connectivity index (χ2v) is 5.52. The van der Waals surface area contributed by atoms with Crippen LogP contribution in [0.4, 0.5) is 0 Å². The predicted octanol–water partition coefficient (Wildman–Crippen LogP) is 1.68. The summed E-state index contributed by atoms with van der Waals surface area (Å²) in [4.78, 5) is 17.5. The lowest BCUT2D eigenvalue weighted by molar-refractivity contribution is 0.0825. The van der Waals surface area contributed by atoms with Gasteiger partial charge in [-0.2, -0.15) is 0 Å². The van der Waals surface area contributed by atoms with Gasteiger partial charge in [-0.15, -0.1) is 0 Å². The van der Waals surface area contributed by atoms with Crippen molar-refractivity contribution in [1.29, 1.82) is 0 Å². The topological polar surface area (TPSA) is 68.5 Å². The van der Waals surface area contributed by atoms with E-state index in [-0.39, 0.29) is 12.0 Å². The molecule has 20 heavy (non-hydrogen) atoms. The molecular formula is C15H23N3O2. The number of nitrogens with two attached hydrogens (primary N) is 1. The summed E-state index contributed by atoms with van der Waals surface area (Å²) in [5.74, 6) is 0.931. The minimum atomic E-state index is -0.0541. The summed E-state index contributed by atoms with van der Waals surface area (Å²) in [6.45, 7) is 0.655. The number of pyridine rings is 1. The molecule has 1 aromatic rings. The van der Waals surface area contributed by atoms with Crippen LogP contribution in [0.25, 0.3) is 0 Å². The maximum atomic E-state index is 11.8. The standard InChI is InChI=1S/C15H23N3O2/c1-18(2)15(19)12-7-8-14(17-10-12)20-13-6-4-3-5-11(13)9-16/h7-8,10-11,13H,3-6,9,16H2,1-2H3. The minimum Gasteiger partial charge on any atom is -0.474 e. The highest BCUT2D eigenvalue weighted by atomic mass is 16.5. The normalized spacial score (nSPS) is 22.4. The Hall–Kier alpha value is -1.62. The summed E-state index contributed by atoms with van der Waals surface area (Å²) in [5, 5.41) is 0. The molecule has 5 heteroatoms. The van der Waals surface area contributed by atoms with Crippen molar-refractivity contribution in [3.63, 3.8) is 0 Å². The summed E-state index contributed by atoms with van der Waals surface area (Å²) >= 11 is 0. The molecule has 1 heterocycles. The number of rotatable bonds is 4. The average Bonchev–Trinajstić information content (AvgIpc) is 2.48. The first kappa shape index (κ1) is 14.8. The maximum Gasteiger partial charge on any atom is 0.254 e. The Kier molecular flexibility index (Phi) is 4.95. The van der Waals surface area contributed by atoms with E-state index in [1.807, 2.05) is 0 Å². The number of nitrogens with zero attached hydrogens (tertiary/aromatic N) is 2. The predicted molar refractivity (Wildman–Crippen MR) is 77.7 cm³/mol. The fourth-order valence-corrected chi connectivity index (χ4v) is 2.59. The van der Waals surface area contributed by atoms with Crippen molar-refractivity contribution in [3.8, 4) is 5.88 Å². The molecule has 1 aliphatic carbocycles. The molecule has 2 N–H and O–H groups in total. The van der Waals surface area contributed by atoms with Crippen LogP contribution in [0.1, 0.15) is 36.0 Å². The van der Waals surface area contributed by atoms with Crippen LogP contribution in [0.5, 0.6) is 5.88 Å². The summed E-state index contributed by atoms with van der Waals surface area (Å²) in [6.07, 6.45) is 6.28. The summed E-state index contributed by atoms with van der Waals surface area (Å²) in [7, 11) is 3.45. The van der Waals surface area contributed by atoms with Crippen molar-refractivity contribution >= 4 is 5.91 Å². The summed E-state index contributed by atoms with van der Waals surface area (Å²) in [5.41, 5.74) is 6.36. The average molecular weight is 277 g/mol. The Morgan fingerprint density at radius 3 is 2.75 bits per heavy atom. The molecule has 110 valence electrons. The summed E-state index contributed by atoms with van der Waals surface area (Å²) in [6, 6.07) is 3.52. The largest absolute Gasteiger partial charge is 0.474 e. The van der Waals surface area contributed by atoms with Crippen molar-refractivity contribution in [2.75, 3.05) is 20.6 Å². The number of hydrogen-bond donors (Lipinski definition) is 1. The molecule has 5 nitrogen and oxygen atoms in total. The van der Waals surface area contributed by atoms with Crippen LogP contribution < -0.4 is 10.5 Å². The zero-order chi connectivity index (χ0) is 14.5. The van der Waals surface area contributed by atoms with Gasteiger partial charge in [-0.05, 0) is 31.9 Å². The van der Waals surface area contributed by atoms with Crippen LogP contribution in [0.3, 0.4) is 0 Å². The van der Waals surface area contributed by atoms with E-state index >= 15 is 0 Å². The van der Waals surface area contributed by atoms with E-state index in [4.69, 9.17) is 10.5 Å². The smallest absolute Gasteiger partial charge is 0.254 e. The third-order valence-corrected chi connectivity index (χ3v) is 3.80. The first-order valence-corrected chi connectivity index (χ1v) is 7.16. The number of ether oxygens (including phenoxy) is 1. The van der Waals surface area contributed by atoms with E-state index in [1.165, 1.54) is 17.7 Å². The van der Waals surface area contributed by atoms with Gasteiger partial charge in [0.1, 0.15) is 6.10 Å². The molecule has 1 amide bonds. The van der Waals surface area contributed by atoms with Crippen molar-refractivity contribution < 1.29 is 9.53 Å². The van der Waals surface area contributed by atoms with Crippen molar-refractivity contribution in [3.05, 3.63) is 23.9 Å². The quantitative estimate of drug-likeness (QED) is 0.909. The SMILES string of the molecule is CN(C)C(=O)c1ccc(OC2CCCCC2CN)nc1. The molecule has 1 aromatic heterocycles. The van der Waals surface area contributed by atoms with Gasteiger partial charge < -0.3 is 15.4 Å². The van der Waals surface area contributed by atoms with E-state index < -0.39 is 0 Å². The van der Waals surface area contributed by atoms with Crippen LogP contribution in [-0.4, -0.2) is 42.5 Å². The molecule has 0 aromatic carbocycles. The molecule has 2 rings (SSSR count). The Balaban J connectivity index is 2.01. The van der Waals surface area contributed by atoms with Crippen LogP contribution in [0.2, 0.25) is 0 Å². The molecule has 2 unspecified atom stereocenters. The van der Waals surface area contributed by atoms with Gasteiger partial charge in [0.25, 0.3) is 5.91 Å². The van der Waals surface area contributed by atoms with Crippen LogP contribution in [0, 0.1) is 5.92 Å². The van der Waals surface area contributed by atoms with Crippen LogP contribution in [-0.2, 0) is 0 Å². The fraction of sp³-hybridized carbons (Fsp3) is 0.600. The number of carbonyl (C=O) groups is 1. The van der Waals surface area contributed by atoms with Gasteiger partial charge >= 0.3 is 0 Å². The van der Waals surface area contributed by atoms with Gasteiger partial charge in [-0.1, -0.05) is 6.42 Å². The number of amides is 1.